The van der Waals surface area contributed by atoms with E-state index in [2.05, 4.69) is 25.6 Å². The molecule has 0 fully saturated rings. The van der Waals surface area contributed by atoms with Gasteiger partial charge < -0.3 is 15.6 Å². The Morgan fingerprint density at radius 2 is 2.19 bits per heavy atom. The Balaban J connectivity index is 1.72. The fourth-order valence-electron chi connectivity index (χ4n) is 2.68. The van der Waals surface area contributed by atoms with E-state index in [1.165, 1.54) is 16.3 Å². The zero-order valence-electron chi connectivity index (χ0n) is 15.4. The monoisotopic (exact) mass is 386 g/mol. The molecule has 0 saturated carbocycles. The zero-order chi connectivity index (χ0) is 19.4. The quantitative estimate of drug-likeness (QED) is 0.536. The van der Waals surface area contributed by atoms with Crippen LogP contribution in [-0.2, 0) is 17.9 Å². The van der Waals surface area contributed by atoms with Gasteiger partial charge in [0.1, 0.15) is 6.54 Å². The molecule has 8 nitrogen and oxygen atoms in total. The molecule has 0 spiro atoms. The summed E-state index contributed by atoms with van der Waals surface area (Å²) in [6.07, 6.45) is 6.93. The Hall–Kier alpha value is -2.81. The van der Waals surface area contributed by atoms with Gasteiger partial charge in [-0.05, 0) is 32.2 Å². The zero-order valence-corrected chi connectivity index (χ0v) is 16.3. The normalized spacial score (nSPS) is 11.1. The SMILES string of the molecule is CSc1cnc(NC(C)C)c(=O)n1CC(=O)NCc1cc2cnccc2[nH]1. The van der Waals surface area contributed by atoms with E-state index < -0.39 is 0 Å². The number of nitrogens with one attached hydrogen (secondary N) is 3. The van der Waals surface area contributed by atoms with Gasteiger partial charge in [-0.3, -0.25) is 19.1 Å². The van der Waals surface area contributed by atoms with Gasteiger partial charge in [0.15, 0.2) is 5.82 Å². The van der Waals surface area contributed by atoms with Crippen molar-refractivity contribution in [1.29, 1.82) is 0 Å². The molecule has 0 radical (unpaired) electrons. The molecule has 0 aromatic carbocycles. The van der Waals surface area contributed by atoms with E-state index >= 15 is 0 Å². The first kappa shape index (κ1) is 19.0. The topological polar surface area (TPSA) is 105 Å². The number of H-pyrrole nitrogens is 1. The maximum absolute atomic E-state index is 12.6. The number of rotatable bonds is 7. The summed E-state index contributed by atoms with van der Waals surface area (Å²) in [6, 6.07) is 3.90. The molecule has 27 heavy (non-hydrogen) atoms. The molecule has 0 atom stereocenters. The van der Waals surface area contributed by atoms with Gasteiger partial charge in [0, 0.05) is 35.0 Å². The van der Waals surface area contributed by atoms with Crippen molar-refractivity contribution in [2.75, 3.05) is 11.6 Å². The predicted molar refractivity (Wildman–Crippen MR) is 107 cm³/mol. The first-order valence-electron chi connectivity index (χ1n) is 8.56. The molecule has 0 unspecified atom stereocenters. The molecule has 3 rings (SSSR count). The van der Waals surface area contributed by atoms with Crippen molar-refractivity contribution in [3.63, 3.8) is 0 Å². The molecule has 142 valence electrons. The Kier molecular flexibility index (Phi) is 5.80. The first-order valence-corrected chi connectivity index (χ1v) is 9.79. The fourth-order valence-corrected chi connectivity index (χ4v) is 3.20. The number of fused-ring (bicyclic) bond motifs is 1. The van der Waals surface area contributed by atoms with E-state index in [1.807, 2.05) is 32.2 Å². The van der Waals surface area contributed by atoms with E-state index in [1.54, 1.807) is 18.6 Å². The highest BCUT2D eigenvalue weighted by atomic mass is 32.2. The number of amides is 1. The van der Waals surface area contributed by atoms with Crippen molar-refractivity contribution < 1.29 is 4.79 Å². The van der Waals surface area contributed by atoms with Crippen molar-refractivity contribution >= 4 is 34.4 Å². The van der Waals surface area contributed by atoms with Crippen LogP contribution in [0.3, 0.4) is 0 Å². The molecule has 9 heteroatoms. The molecule has 0 saturated heterocycles. The third-order valence-corrected chi connectivity index (χ3v) is 4.65. The van der Waals surface area contributed by atoms with Crippen molar-refractivity contribution in [2.45, 2.75) is 38.0 Å². The van der Waals surface area contributed by atoms with Crippen molar-refractivity contribution in [2.24, 2.45) is 0 Å². The molecule has 1 amide bonds. The number of aromatic amines is 1. The van der Waals surface area contributed by atoms with E-state index in [0.29, 0.717) is 11.6 Å². The van der Waals surface area contributed by atoms with Crippen LogP contribution in [0.25, 0.3) is 10.9 Å². The smallest absolute Gasteiger partial charge is 0.294 e. The second-order valence-electron chi connectivity index (χ2n) is 6.37. The second-order valence-corrected chi connectivity index (χ2v) is 7.20. The number of pyridine rings is 1. The predicted octanol–water partition coefficient (Wildman–Crippen LogP) is 1.98. The fraction of sp³-hybridized carbons (Fsp3) is 0.333. The number of hydrogen-bond donors (Lipinski definition) is 3. The Labute approximate surface area is 160 Å². The van der Waals surface area contributed by atoms with E-state index in [-0.39, 0.29) is 29.9 Å². The molecule has 0 aliphatic heterocycles. The summed E-state index contributed by atoms with van der Waals surface area (Å²) in [7, 11) is 0. The van der Waals surface area contributed by atoms with Gasteiger partial charge in [0.2, 0.25) is 5.91 Å². The average Bonchev–Trinajstić information content (AvgIpc) is 3.06. The molecule has 0 aliphatic rings. The maximum atomic E-state index is 12.6. The molecule has 3 heterocycles. The molecule has 3 N–H and O–H groups in total. The highest BCUT2D eigenvalue weighted by Crippen LogP contribution is 2.14. The lowest BCUT2D eigenvalue weighted by molar-refractivity contribution is -0.122. The van der Waals surface area contributed by atoms with Crippen LogP contribution in [-0.4, -0.2) is 37.7 Å². The van der Waals surface area contributed by atoms with Gasteiger partial charge in [0.25, 0.3) is 5.56 Å². The average molecular weight is 386 g/mol. The van der Waals surface area contributed by atoms with Gasteiger partial charge in [-0.2, -0.15) is 0 Å². The van der Waals surface area contributed by atoms with Crippen LogP contribution in [0.4, 0.5) is 5.82 Å². The van der Waals surface area contributed by atoms with Crippen LogP contribution in [0.2, 0.25) is 0 Å². The summed E-state index contributed by atoms with van der Waals surface area (Å²) in [5.41, 5.74) is 1.54. The number of carbonyl (C=O) groups excluding carboxylic acids is 1. The third kappa shape index (κ3) is 4.48. The largest absolute Gasteiger partial charge is 0.363 e. The minimum atomic E-state index is -0.303. The molecule has 3 aromatic heterocycles. The highest BCUT2D eigenvalue weighted by molar-refractivity contribution is 7.98. The second kappa shape index (κ2) is 8.26. The Bertz CT molecular complexity index is 977. The van der Waals surface area contributed by atoms with Crippen molar-refractivity contribution in [1.82, 2.24) is 24.8 Å². The lowest BCUT2D eigenvalue weighted by Gasteiger charge is -2.14. The summed E-state index contributed by atoms with van der Waals surface area (Å²) in [6.45, 7) is 4.14. The lowest BCUT2D eigenvalue weighted by atomic mass is 10.3. The number of anilines is 1. The van der Waals surface area contributed by atoms with Gasteiger partial charge in [0.05, 0.1) is 17.8 Å². The van der Waals surface area contributed by atoms with Crippen molar-refractivity contribution in [3.05, 3.63) is 46.8 Å². The minimum absolute atomic E-state index is 0.0634. The van der Waals surface area contributed by atoms with Gasteiger partial charge in [-0.25, -0.2) is 4.98 Å². The minimum Gasteiger partial charge on any atom is -0.363 e. The summed E-state index contributed by atoms with van der Waals surface area (Å²) >= 11 is 1.38. The van der Waals surface area contributed by atoms with Crippen molar-refractivity contribution in [3.8, 4) is 0 Å². The molecule has 0 aliphatic carbocycles. The van der Waals surface area contributed by atoms with Gasteiger partial charge in [-0.15, -0.1) is 11.8 Å². The third-order valence-electron chi connectivity index (χ3n) is 3.91. The molecule has 3 aromatic rings. The highest BCUT2D eigenvalue weighted by Gasteiger charge is 2.14. The standard InChI is InChI=1S/C18H22N6O2S/c1-11(2)22-17-18(26)24(16(27-3)9-21-17)10-15(25)20-8-13-6-12-7-19-5-4-14(12)23-13/h4-7,9,11,23H,8,10H2,1-3H3,(H,20,25)(H,21,22). The summed E-state index contributed by atoms with van der Waals surface area (Å²) in [4.78, 5) is 36.5. The van der Waals surface area contributed by atoms with Crippen LogP contribution in [0.5, 0.6) is 0 Å². The number of aromatic nitrogens is 4. The van der Waals surface area contributed by atoms with E-state index in [0.717, 1.165) is 16.6 Å². The van der Waals surface area contributed by atoms with Crippen LogP contribution in [0.1, 0.15) is 19.5 Å². The number of nitrogens with zero attached hydrogens (tertiary/aromatic N) is 3. The number of carbonyl (C=O) groups is 1. The summed E-state index contributed by atoms with van der Waals surface area (Å²) < 4.78 is 1.44. The van der Waals surface area contributed by atoms with Crippen LogP contribution < -0.4 is 16.2 Å². The number of hydrogen-bond acceptors (Lipinski definition) is 6. The summed E-state index contributed by atoms with van der Waals surface area (Å²) in [5.74, 6) is 0.00426. The van der Waals surface area contributed by atoms with Crippen LogP contribution >= 0.6 is 11.8 Å². The van der Waals surface area contributed by atoms with Gasteiger partial charge >= 0.3 is 0 Å². The number of thioether (sulfide) groups is 1. The Morgan fingerprint density at radius 3 is 2.89 bits per heavy atom. The van der Waals surface area contributed by atoms with Gasteiger partial charge in [-0.1, -0.05) is 0 Å². The molecular formula is C18H22N6O2S. The maximum Gasteiger partial charge on any atom is 0.294 e. The molecular weight excluding hydrogens is 364 g/mol. The molecule has 0 bridgehead atoms. The van der Waals surface area contributed by atoms with Crippen LogP contribution in [0, 0.1) is 0 Å². The Morgan fingerprint density at radius 1 is 1.37 bits per heavy atom. The van der Waals surface area contributed by atoms with E-state index in [4.69, 9.17) is 0 Å². The van der Waals surface area contributed by atoms with Crippen LogP contribution in [0.15, 0.2) is 40.5 Å². The van der Waals surface area contributed by atoms with E-state index in [9.17, 15) is 9.59 Å². The summed E-state index contributed by atoms with van der Waals surface area (Å²) in [5, 5.41) is 7.49. The lowest BCUT2D eigenvalue weighted by Crippen LogP contribution is -2.34. The first-order chi connectivity index (χ1) is 13.0.